The Kier molecular flexibility index (Phi) is 13.6. The maximum Gasteiger partial charge on any atom is 0.345 e. The minimum absolute atomic E-state index is 0.0836. The minimum atomic E-state index is -1.62. The first-order chi connectivity index (χ1) is 22.7. The van der Waals surface area contributed by atoms with Gasteiger partial charge in [-0.05, 0) is 118 Å². The Morgan fingerprint density at radius 1 is 1.11 bits per heavy atom. The fraction of sp³-hybridized carbons (Fsp3) is 0.457. The number of aliphatic hydroxyl groups is 1. The van der Waals surface area contributed by atoms with E-state index in [0.717, 1.165) is 80.2 Å². The standard InChI is InChI=1S/C32H40BN7O.C3H7FO2/c1-33(23-34)39(22-26-12-13-27(20-26)40-19-15-30-31(35-2)37-24-38-32(30)40)18-7-16-36-17-14-25-8-6-11-29(21-25)41-28-9-4-3-5-10-28;1-3(2,5)6-4/h3-6,8-11,15,19,21,24,26-27,36H,7,12-14,16-18,20,22H2,1-2H3,(H,35,37,38);5H,1-2H3. The maximum absolute atomic E-state index is 10.8. The van der Waals surface area contributed by atoms with Gasteiger partial charge in [0.05, 0.1) is 5.39 Å². The van der Waals surface area contributed by atoms with Crippen molar-refractivity contribution in [3.8, 4) is 17.5 Å². The molecule has 1 fully saturated rings. The molecule has 1 aliphatic carbocycles. The van der Waals surface area contributed by atoms with Crippen LogP contribution in [0.4, 0.5) is 10.3 Å². The molecule has 5 rings (SSSR count). The molecule has 2 unspecified atom stereocenters. The molecule has 0 amide bonds. The number of hydrogen-bond acceptors (Lipinski definition) is 9. The molecule has 0 saturated heterocycles. The van der Waals surface area contributed by atoms with E-state index >= 15 is 0 Å². The van der Waals surface area contributed by atoms with Gasteiger partial charge in [0.1, 0.15) is 29.3 Å². The second-order valence-corrected chi connectivity index (χ2v) is 12.5. The highest BCUT2D eigenvalue weighted by Gasteiger charge is 2.30. The molecule has 1 saturated carbocycles. The first kappa shape index (κ1) is 35.8. The van der Waals surface area contributed by atoms with Crippen molar-refractivity contribution in [3.63, 3.8) is 0 Å². The van der Waals surface area contributed by atoms with E-state index < -0.39 is 5.79 Å². The van der Waals surface area contributed by atoms with E-state index in [2.05, 4.69) is 71.4 Å². The van der Waals surface area contributed by atoms with Crippen LogP contribution < -0.4 is 15.4 Å². The predicted octanol–water partition coefficient (Wildman–Crippen LogP) is 6.43. The molecule has 0 spiro atoms. The Bertz CT molecular complexity index is 1560. The van der Waals surface area contributed by atoms with Crippen molar-refractivity contribution in [2.75, 3.05) is 38.5 Å². The monoisotopic (exact) mass is 643 g/mol. The normalized spacial score (nSPS) is 16.0. The van der Waals surface area contributed by atoms with Crippen molar-refractivity contribution in [3.05, 3.63) is 78.8 Å². The van der Waals surface area contributed by atoms with Crippen LogP contribution in [0.15, 0.2) is 73.2 Å². The van der Waals surface area contributed by atoms with Crippen molar-refractivity contribution in [2.45, 2.75) is 64.6 Å². The van der Waals surface area contributed by atoms with Crippen LogP contribution in [0.2, 0.25) is 6.82 Å². The number of ether oxygens (including phenoxy) is 1. The summed E-state index contributed by atoms with van der Waals surface area (Å²) in [4.78, 5) is 14.3. The highest BCUT2D eigenvalue weighted by Crippen LogP contribution is 2.37. The summed E-state index contributed by atoms with van der Waals surface area (Å²) < 4.78 is 19.0. The van der Waals surface area contributed by atoms with E-state index in [1.54, 1.807) is 6.33 Å². The van der Waals surface area contributed by atoms with E-state index in [9.17, 15) is 9.79 Å². The molecule has 4 aromatic rings. The number of nitrogens with one attached hydrogen (secondary N) is 2. The topological polar surface area (TPSA) is 120 Å². The molecule has 1 aliphatic rings. The molecule has 2 atom stereocenters. The number of fused-ring (bicyclic) bond motifs is 1. The van der Waals surface area contributed by atoms with Crippen LogP contribution in [0, 0.1) is 17.1 Å². The van der Waals surface area contributed by atoms with Crippen LogP contribution >= 0.6 is 0 Å². The molecule has 47 heavy (non-hydrogen) atoms. The van der Waals surface area contributed by atoms with E-state index in [1.807, 2.05) is 50.3 Å². The van der Waals surface area contributed by atoms with E-state index in [0.29, 0.717) is 12.0 Å². The highest BCUT2D eigenvalue weighted by molar-refractivity contribution is 6.62. The van der Waals surface area contributed by atoms with Gasteiger partial charge in [-0.25, -0.2) is 15.2 Å². The Morgan fingerprint density at radius 2 is 1.87 bits per heavy atom. The fourth-order valence-corrected chi connectivity index (χ4v) is 5.94. The van der Waals surface area contributed by atoms with Crippen LogP contribution in [0.5, 0.6) is 11.5 Å². The third-order valence-corrected chi connectivity index (χ3v) is 8.34. The smallest absolute Gasteiger partial charge is 0.345 e. The number of nitriles is 1. The van der Waals surface area contributed by atoms with Crippen molar-refractivity contribution < 1.29 is 19.3 Å². The molecular formula is C35H47BFN7O3. The number of para-hydroxylation sites is 1. The van der Waals surface area contributed by atoms with Gasteiger partial charge in [0.2, 0.25) is 0 Å². The van der Waals surface area contributed by atoms with Gasteiger partial charge in [0, 0.05) is 25.3 Å². The third kappa shape index (κ3) is 11.0. The molecule has 0 radical (unpaired) electrons. The molecule has 3 N–H and O–H groups in total. The van der Waals surface area contributed by atoms with Crippen LogP contribution in [0.25, 0.3) is 11.0 Å². The van der Waals surface area contributed by atoms with Crippen LogP contribution in [0.3, 0.4) is 0 Å². The van der Waals surface area contributed by atoms with Gasteiger partial charge in [0.15, 0.2) is 5.79 Å². The number of benzene rings is 2. The molecule has 0 bridgehead atoms. The number of hydrogen-bond donors (Lipinski definition) is 3. The summed E-state index contributed by atoms with van der Waals surface area (Å²) in [6.45, 7) is 8.09. The quantitative estimate of drug-likeness (QED) is 0.0765. The second kappa shape index (κ2) is 17.8. The van der Waals surface area contributed by atoms with E-state index in [1.165, 1.54) is 25.8 Å². The van der Waals surface area contributed by atoms with Gasteiger partial charge in [0.25, 0.3) is 0 Å². The Balaban J connectivity index is 0.000000762. The van der Waals surface area contributed by atoms with Crippen molar-refractivity contribution in [1.82, 2.24) is 24.7 Å². The molecule has 2 aromatic heterocycles. The largest absolute Gasteiger partial charge is 0.457 e. The lowest BCUT2D eigenvalue weighted by molar-refractivity contribution is -0.309. The van der Waals surface area contributed by atoms with Gasteiger partial charge < -0.3 is 29.9 Å². The van der Waals surface area contributed by atoms with Gasteiger partial charge in [-0.1, -0.05) is 37.2 Å². The van der Waals surface area contributed by atoms with Crippen LogP contribution in [-0.4, -0.2) is 70.3 Å². The number of aromatic nitrogens is 3. The molecule has 250 valence electrons. The second-order valence-electron chi connectivity index (χ2n) is 12.5. The maximum atomic E-state index is 10.8. The number of anilines is 1. The molecule has 0 aliphatic heterocycles. The zero-order chi connectivity index (χ0) is 33.6. The van der Waals surface area contributed by atoms with Crippen LogP contribution in [-0.2, 0) is 11.4 Å². The molecule has 2 heterocycles. The molecule has 2 aromatic carbocycles. The van der Waals surface area contributed by atoms with Crippen molar-refractivity contribution in [1.29, 1.82) is 5.26 Å². The summed E-state index contributed by atoms with van der Waals surface area (Å²) in [6, 6.07) is 20.7. The lowest BCUT2D eigenvalue weighted by Crippen LogP contribution is -2.41. The number of rotatable bonds is 15. The molecule has 10 nitrogen and oxygen atoms in total. The highest BCUT2D eigenvalue weighted by atomic mass is 19.3. The van der Waals surface area contributed by atoms with Gasteiger partial charge >= 0.3 is 6.85 Å². The van der Waals surface area contributed by atoms with Gasteiger partial charge in [-0.15, -0.1) is 0 Å². The summed E-state index contributed by atoms with van der Waals surface area (Å²) in [5.74, 6) is 4.02. The number of halogens is 1. The van der Waals surface area contributed by atoms with Crippen LogP contribution in [0.1, 0.15) is 51.1 Å². The lowest BCUT2D eigenvalue weighted by atomic mass is 9.64. The predicted molar refractivity (Wildman–Crippen MR) is 185 cm³/mol. The Labute approximate surface area is 277 Å². The van der Waals surface area contributed by atoms with Gasteiger partial charge in [-0.2, -0.15) is 4.94 Å². The van der Waals surface area contributed by atoms with Gasteiger partial charge in [-0.3, -0.25) is 0 Å². The zero-order valence-corrected chi connectivity index (χ0v) is 27.9. The van der Waals surface area contributed by atoms with E-state index in [4.69, 9.17) is 9.84 Å². The first-order valence-electron chi connectivity index (χ1n) is 16.4. The first-order valence-corrected chi connectivity index (χ1v) is 16.4. The Hall–Kier alpha value is -4.02. The average molecular weight is 644 g/mol. The van der Waals surface area contributed by atoms with Crippen molar-refractivity contribution in [2.24, 2.45) is 5.92 Å². The third-order valence-electron chi connectivity index (χ3n) is 8.34. The minimum Gasteiger partial charge on any atom is -0.457 e. The summed E-state index contributed by atoms with van der Waals surface area (Å²) >= 11 is 0. The van der Waals surface area contributed by atoms with Crippen molar-refractivity contribution >= 4 is 23.7 Å². The summed E-state index contributed by atoms with van der Waals surface area (Å²) in [5.41, 5.74) is 2.25. The zero-order valence-electron chi connectivity index (χ0n) is 27.9. The molecule has 12 heteroatoms. The summed E-state index contributed by atoms with van der Waals surface area (Å²) in [7, 11) is 1.90. The molecular weight excluding hydrogens is 596 g/mol. The SMILES string of the molecule is CC(C)(O)OF.CNc1ncnc2c1ccn2C1CCC(CN(CCCNCCc2cccc(Oc3ccccc3)c2)B(C)C#N)C1. The van der Waals surface area contributed by atoms with E-state index in [-0.39, 0.29) is 6.85 Å². The summed E-state index contributed by atoms with van der Waals surface area (Å²) in [6.07, 6.45) is 9.19. The number of nitrogens with zero attached hydrogens (tertiary/aromatic N) is 5. The summed E-state index contributed by atoms with van der Waals surface area (Å²) in [5, 5.41) is 25.7. The Morgan fingerprint density at radius 3 is 2.60 bits per heavy atom. The average Bonchev–Trinajstić information content (AvgIpc) is 3.73. The fourth-order valence-electron chi connectivity index (χ4n) is 5.94. The lowest BCUT2D eigenvalue weighted by Gasteiger charge is -2.26.